The van der Waals surface area contributed by atoms with Crippen molar-refractivity contribution in [1.29, 1.82) is 0 Å². The van der Waals surface area contributed by atoms with Gasteiger partial charge in [0, 0.05) is 12.8 Å². The minimum absolute atomic E-state index is 0.0229. The fraction of sp³-hybridized carbons (Fsp3) is 0.812. The van der Waals surface area contributed by atoms with Gasteiger partial charge in [-0.2, -0.15) is 0 Å². The Morgan fingerprint density at radius 2 is 1.30 bits per heavy atom. The molecule has 1 N–H and O–H groups in total. The van der Waals surface area contributed by atoms with Crippen molar-refractivity contribution in [2.45, 2.75) is 81.2 Å². The van der Waals surface area contributed by atoms with Crippen LogP contribution >= 0.6 is 0 Å². The van der Waals surface area contributed by atoms with Crippen LogP contribution in [0, 0.1) is 5.41 Å². The summed E-state index contributed by atoms with van der Waals surface area (Å²) in [5, 5.41) is 2.67. The number of nitrogens with one attached hydrogen (secondary N) is 1. The number of carbonyl (C=O) groups is 3. The lowest BCUT2D eigenvalue weighted by Gasteiger charge is -2.29. The first kappa shape index (κ1) is 23.9. The van der Waals surface area contributed by atoms with Crippen LogP contribution in [0.2, 0.25) is 0 Å². The largest absolute Gasteiger partial charge is 0.346 e. The number of ketones is 2. The standard InChI is InChI=1S/C12H21NO3.2C2H6/c1-8(14)6-7-10(16)13-11(9(2)15)12(3,4)5;2*1-2/h11H,6-7H2,1-5H3,(H,13,16);2*1-2H3. The van der Waals surface area contributed by atoms with Crippen molar-refractivity contribution >= 4 is 17.5 Å². The lowest BCUT2D eigenvalue weighted by Crippen LogP contribution is -2.48. The van der Waals surface area contributed by atoms with E-state index in [1.807, 2.05) is 48.5 Å². The molecule has 0 bridgehead atoms. The minimum Gasteiger partial charge on any atom is -0.346 e. The lowest BCUT2D eigenvalue weighted by atomic mass is 9.84. The molecule has 20 heavy (non-hydrogen) atoms. The summed E-state index contributed by atoms with van der Waals surface area (Å²) < 4.78 is 0. The van der Waals surface area contributed by atoms with Gasteiger partial charge in [-0.3, -0.25) is 9.59 Å². The van der Waals surface area contributed by atoms with Gasteiger partial charge in [-0.15, -0.1) is 0 Å². The normalized spacial score (nSPS) is 11.1. The molecule has 0 rings (SSSR count). The second kappa shape index (κ2) is 12.8. The molecule has 0 heterocycles. The maximum atomic E-state index is 11.5. The molecule has 4 nitrogen and oxygen atoms in total. The van der Waals surface area contributed by atoms with Crippen molar-refractivity contribution in [2.24, 2.45) is 5.41 Å². The molecular formula is C16H33NO3. The van der Waals surface area contributed by atoms with E-state index in [1.165, 1.54) is 13.8 Å². The molecule has 1 atom stereocenters. The van der Waals surface area contributed by atoms with Crippen molar-refractivity contribution in [3.63, 3.8) is 0 Å². The zero-order chi connectivity index (χ0) is 16.9. The quantitative estimate of drug-likeness (QED) is 0.841. The number of hydrogen-bond acceptors (Lipinski definition) is 3. The molecule has 0 aliphatic heterocycles. The SMILES string of the molecule is CC.CC.CC(=O)CCC(=O)NC(C(C)=O)C(C)(C)C. The third-order valence-corrected chi connectivity index (χ3v) is 2.28. The highest BCUT2D eigenvalue weighted by atomic mass is 16.2. The average Bonchev–Trinajstić information content (AvgIpc) is 2.36. The van der Waals surface area contributed by atoms with Gasteiger partial charge in [0.2, 0.25) is 5.91 Å². The summed E-state index contributed by atoms with van der Waals surface area (Å²) in [6.07, 6.45) is 0.371. The molecular weight excluding hydrogens is 254 g/mol. The highest BCUT2D eigenvalue weighted by Gasteiger charge is 2.29. The summed E-state index contributed by atoms with van der Waals surface area (Å²) >= 11 is 0. The van der Waals surface area contributed by atoms with Gasteiger partial charge in [-0.25, -0.2) is 0 Å². The lowest BCUT2D eigenvalue weighted by molar-refractivity contribution is -0.130. The van der Waals surface area contributed by atoms with Crippen LogP contribution in [0.5, 0.6) is 0 Å². The monoisotopic (exact) mass is 287 g/mol. The summed E-state index contributed by atoms with van der Waals surface area (Å²) in [5.41, 5.74) is -0.308. The molecule has 0 aliphatic rings. The zero-order valence-corrected chi connectivity index (χ0v) is 14.7. The maximum Gasteiger partial charge on any atom is 0.221 e. The molecule has 4 heteroatoms. The van der Waals surface area contributed by atoms with Gasteiger partial charge in [0.25, 0.3) is 0 Å². The molecule has 0 aliphatic carbocycles. The second-order valence-corrected chi connectivity index (χ2v) is 5.18. The number of carbonyl (C=O) groups excluding carboxylic acids is 3. The molecule has 1 amide bonds. The van der Waals surface area contributed by atoms with E-state index >= 15 is 0 Å². The van der Waals surface area contributed by atoms with Gasteiger partial charge in [-0.05, 0) is 19.3 Å². The van der Waals surface area contributed by atoms with Crippen molar-refractivity contribution in [3.05, 3.63) is 0 Å². The second-order valence-electron chi connectivity index (χ2n) is 5.18. The number of rotatable bonds is 5. The van der Waals surface area contributed by atoms with Crippen LogP contribution in [0.15, 0.2) is 0 Å². The molecule has 0 saturated carbocycles. The van der Waals surface area contributed by atoms with E-state index in [0.717, 1.165) is 0 Å². The summed E-state index contributed by atoms with van der Waals surface area (Å²) in [5.74, 6) is -0.334. The molecule has 1 unspecified atom stereocenters. The number of amides is 1. The topological polar surface area (TPSA) is 63.2 Å². The summed E-state index contributed by atoms with van der Waals surface area (Å²) in [6, 6.07) is -0.494. The van der Waals surface area contributed by atoms with E-state index in [1.54, 1.807) is 0 Å². The van der Waals surface area contributed by atoms with E-state index in [2.05, 4.69) is 5.32 Å². The Labute approximate surface area is 124 Å². The molecule has 0 aromatic heterocycles. The van der Waals surface area contributed by atoms with Crippen LogP contribution in [-0.2, 0) is 14.4 Å². The van der Waals surface area contributed by atoms with Gasteiger partial charge in [0.05, 0.1) is 6.04 Å². The first-order valence-corrected chi connectivity index (χ1v) is 7.44. The Hall–Kier alpha value is -1.19. The van der Waals surface area contributed by atoms with Gasteiger partial charge in [0.15, 0.2) is 5.78 Å². The van der Waals surface area contributed by atoms with E-state index in [-0.39, 0.29) is 35.7 Å². The molecule has 0 aromatic carbocycles. The Kier molecular flexibility index (Phi) is 15.3. The fourth-order valence-corrected chi connectivity index (χ4v) is 1.45. The fourth-order valence-electron chi connectivity index (χ4n) is 1.45. The van der Waals surface area contributed by atoms with Crippen molar-refractivity contribution in [1.82, 2.24) is 5.32 Å². The number of hydrogen-bond donors (Lipinski definition) is 1. The van der Waals surface area contributed by atoms with Crippen LogP contribution in [-0.4, -0.2) is 23.5 Å². The molecule has 0 saturated heterocycles. The van der Waals surface area contributed by atoms with E-state index < -0.39 is 6.04 Å². The van der Waals surface area contributed by atoms with Crippen LogP contribution in [0.25, 0.3) is 0 Å². The molecule has 0 spiro atoms. The number of Topliss-reactive ketones (excluding diaryl/α,β-unsaturated/α-hetero) is 2. The smallest absolute Gasteiger partial charge is 0.221 e. The average molecular weight is 287 g/mol. The van der Waals surface area contributed by atoms with Crippen molar-refractivity contribution < 1.29 is 14.4 Å². The molecule has 0 radical (unpaired) electrons. The van der Waals surface area contributed by atoms with Gasteiger partial charge in [-0.1, -0.05) is 48.5 Å². The van der Waals surface area contributed by atoms with E-state index in [4.69, 9.17) is 0 Å². The first-order chi connectivity index (χ1) is 9.14. The van der Waals surface area contributed by atoms with Crippen LogP contribution in [0.1, 0.15) is 75.2 Å². The highest BCUT2D eigenvalue weighted by Crippen LogP contribution is 2.20. The molecule has 120 valence electrons. The Morgan fingerprint density at radius 3 is 1.55 bits per heavy atom. The summed E-state index contributed by atoms with van der Waals surface area (Å²) in [4.78, 5) is 33.6. The highest BCUT2D eigenvalue weighted by molar-refractivity contribution is 5.89. The minimum atomic E-state index is -0.494. The molecule has 0 fully saturated rings. The third kappa shape index (κ3) is 13.2. The Balaban J connectivity index is -0.000000656. The van der Waals surface area contributed by atoms with Crippen LogP contribution in [0.4, 0.5) is 0 Å². The summed E-state index contributed by atoms with van der Waals surface area (Å²) in [7, 11) is 0. The van der Waals surface area contributed by atoms with Crippen LogP contribution in [0.3, 0.4) is 0 Å². The van der Waals surface area contributed by atoms with Gasteiger partial charge >= 0.3 is 0 Å². The maximum absolute atomic E-state index is 11.5. The van der Waals surface area contributed by atoms with Gasteiger partial charge in [0.1, 0.15) is 5.78 Å². The van der Waals surface area contributed by atoms with Crippen molar-refractivity contribution in [3.8, 4) is 0 Å². The summed E-state index contributed by atoms with van der Waals surface area (Å²) in [6.45, 7) is 16.6. The molecule has 0 aromatic rings. The Morgan fingerprint density at radius 1 is 0.900 bits per heavy atom. The predicted octanol–water partition coefficient (Wildman–Crippen LogP) is 3.53. The third-order valence-electron chi connectivity index (χ3n) is 2.28. The van der Waals surface area contributed by atoms with Crippen molar-refractivity contribution in [2.75, 3.05) is 0 Å². The predicted molar refractivity (Wildman–Crippen MR) is 84.7 cm³/mol. The Bertz CT molecular complexity index is 291. The van der Waals surface area contributed by atoms with E-state index in [0.29, 0.717) is 0 Å². The van der Waals surface area contributed by atoms with E-state index in [9.17, 15) is 14.4 Å². The van der Waals surface area contributed by atoms with Crippen LogP contribution < -0.4 is 5.32 Å². The van der Waals surface area contributed by atoms with Gasteiger partial charge < -0.3 is 10.1 Å². The first-order valence-electron chi connectivity index (χ1n) is 7.44. The zero-order valence-electron chi connectivity index (χ0n) is 14.7.